The molecule has 0 N–H and O–H groups in total. The zero-order valence-electron chi connectivity index (χ0n) is 10.3. The molecule has 1 saturated carbocycles. The Labute approximate surface area is 92.7 Å². The minimum absolute atomic E-state index is 0.0768. The lowest BCUT2D eigenvalue weighted by molar-refractivity contribution is -0.148. The molecule has 1 fully saturated rings. The quantitative estimate of drug-likeness (QED) is 0.516. The summed E-state index contributed by atoms with van der Waals surface area (Å²) in [4.78, 5) is 11.4. The van der Waals surface area contributed by atoms with Crippen LogP contribution in [-0.4, -0.2) is 12.1 Å². The van der Waals surface area contributed by atoms with Crippen molar-refractivity contribution in [1.29, 1.82) is 0 Å². The molecule has 86 valence electrons. The first-order chi connectivity index (χ1) is 6.80. The number of carbonyl (C=O) groups is 1. The molecule has 15 heavy (non-hydrogen) atoms. The van der Waals surface area contributed by atoms with E-state index in [-0.39, 0.29) is 17.5 Å². The molecule has 0 spiro atoms. The SMILES string of the molecule is C=C(C)C(=O)O[C@H]1C[C@@H](C)CC(C)(C)C1. The van der Waals surface area contributed by atoms with Crippen molar-refractivity contribution in [3.05, 3.63) is 12.2 Å². The van der Waals surface area contributed by atoms with Crippen molar-refractivity contribution in [1.82, 2.24) is 0 Å². The Morgan fingerprint density at radius 2 is 2.00 bits per heavy atom. The molecule has 1 aliphatic rings. The van der Waals surface area contributed by atoms with E-state index < -0.39 is 0 Å². The molecule has 1 rings (SSSR count). The van der Waals surface area contributed by atoms with Crippen molar-refractivity contribution in [2.24, 2.45) is 11.3 Å². The van der Waals surface area contributed by atoms with Crippen molar-refractivity contribution in [2.75, 3.05) is 0 Å². The molecule has 2 atom stereocenters. The number of hydrogen-bond donors (Lipinski definition) is 0. The summed E-state index contributed by atoms with van der Waals surface area (Å²) >= 11 is 0. The third kappa shape index (κ3) is 3.69. The molecular weight excluding hydrogens is 188 g/mol. The molecule has 0 bridgehead atoms. The Bertz CT molecular complexity index is 266. The number of ether oxygens (including phenoxy) is 1. The van der Waals surface area contributed by atoms with E-state index in [9.17, 15) is 4.79 Å². The maximum atomic E-state index is 11.4. The van der Waals surface area contributed by atoms with E-state index >= 15 is 0 Å². The van der Waals surface area contributed by atoms with Crippen LogP contribution in [0.5, 0.6) is 0 Å². The van der Waals surface area contributed by atoms with Crippen LogP contribution in [0.15, 0.2) is 12.2 Å². The first-order valence-electron chi connectivity index (χ1n) is 5.66. The number of rotatable bonds is 2. The molecule has 0 aliphatic heterocycles. The van der Waals surface area contributed by atoms with Gasteiger partial charge in [0.25, 0.3) is 0 Å². The van der Waals surface area contributed by atoms with Gasteiger partial charge >= 0.3 is 5.97 Å². The lowest BCUT2D eigenvalue weighted by atomic mass is 9.71. The molecule has 0 saturated heterocycles. The van der Waals surface area contributed by atoms with Crippen LogP contribution in [0.2, 0.25) is 0 Å². The van der Waals surface area contributed by atoms with Crippen LogP contribution in [0, 0.1) is 11.3 Å². The third-order valence-electron chi connectivity index (χ3n) is 2.97. The molecule has 0 heterocycles. The van der Waals surface area contributed by atoms with Gasteiger partial charge in [0.2, 0.25) is 0 Å². The van der Waals surface area contributed by atoms with Crippen LogP contribution < -0.4 is 0 Å². The van der Waals surface area contributed by atoms with Gasteiger partial charge in [0.1, 0.15) is 6.10 Å². The summed E-state index contributed by atoms with van der Waals surface area (Å²) in [5.41, 5.74) is 0.781. The fourth-order valence-corrected chi connectivity index (χ4v) is 2.60. The van der Waals surface area contributed by atoms with Crippen LogP contribution in [0.3, 0.4) is 0 Å². The fourth-order valence-electron chi connectivity index (χ4n) is 2.60. The average molecular weight is 210 g/mol. The topological polar surface area (TPSA) is 26.3 Å². The maximum absolute atomic E-state index is 11.4. The maximum Gasteiger partial charge on any atom is 0.333 e. The molecule has 2 heteroatoms. The highest BCUT2D eigenvalue weighted by atomic mass is 16.5. The smallest absolute Gasteiger partial charge is 0.333 e. The van der Waals surface area contributed by atoms with Crippen LogP contribution in [0.1, 0.15) is 47.0 Å². The number of esters is 1. The Hall–Kier alpha value is -0.790. The molecule has 0 aromatic carbocycles. The van der Waals surface area contributed by atoms with Gasteiger partial charge in [0.05, 0.1) is 0 Å². The predicted molar refractivity (Wildman–Crippen MR) is 61.5 cm³/mol. The first-order valence-corrected chi connectivity index (χ1v) is 5.66. The van der Waals surface area contributed by atoms with Gasteiger partial charge in [-0.1, -0.05) is 27.4 Å². The Morgan fingerprint density at radius 3 is 2.47 bits per heavy atom. The zero-order valence-corrected chi connectivity index (χ0v) is 10.3. The van der Waals surface area contributed by atoms with Crippen LogP contribution in [0.25, 0.3) is 0 Å². The summed E-state index contributed by atoms with van der Waals surface area (Å²) in [6.07, 6.45) is 3.25. The summed E-state index contributed by atoms with van der Waals surface area (Å²) in [5.74, 6) is 0.390. The fraction of sp³-hybridized carbons (Fsp3) is 0.769. The van der Waals surface area contributed by atoms with E-state index in [1.807, 2.05) is 0 Å². The van der Waals surface area contributed by atoms with Gasteiger partial charge < -0.3 is 4.74 Å². The Kier molecular flexibility index (Phi) is 3.58. The normalized spacial score (nSPS) is 29.6. The molecular formula is C13H22O2. The summed E-state index contributed by atoms with van der Waals surface area (Å²) in [7, 11) is 0. The second-order valence-corrected chi connectivity index (χ2v) is 5.72. The summed E-state index contributed by atoms with van der Waals surface area (Å²) in [6, 6.07) is 0. The number of hydrogen-bond acceptors (Lipinski definition) is 2. The van der Waals surface area contributed by atoms with E-state index in [4.69, 9.17) is 4.74 Å². The third-order valence-corrected chi connectivity index (χ3v) is 2.97. The zero-order chi connectivity index (χ0) is 11.6. The molecule has 0 amide bonds. The summed E-state index contributed by atoms with van der Waals surface area (Å²) < 4.78 is 5.42. The lowest BCUT2D eigenvalue weighted by Gasteiger charge is -2.38. The average Bonchev–Trinajstić information content (AvgIpc) is 1.99. The van der Waals surface area contributed by atoms with Gasteiger partial charge in [-0.25, -0.2) is 4.79 Å². The van der Waals surface area contributed by atoms with Crippen molar-refractivity contribution in [3.63, 3.8) is 0 Å². The van der Waals surface area contributed by atoms with Gasteiger partial charge in [-0.15, -0.1) is 0 Å². The summed E-state index contributed by atoms with van der Waals surface area (Å²) in [5, 5.41) is 0. The minimum atomic E-state index is -0.245. The van der Waals surface area contributed by atoms with E-state index in [0.717, 1.165) is 12.8 Å². The highest BCUT2D eigenvalue weighted by Crippen LogP contribution is 2.39. The molecule has 0 unspecified atom stereocenters. The molecule has 1 aliphatic carbocycles. The van der Waals surface area contributed by atoms with Gasteiger partial charge in [-0.3, -0.25) is 0 Å². The van der Waals surface area contributed by atoms with E-state index in [1.165, 1.54) is 6.42 Å². The van der Waals surface area contributed by atoms with E-state index in [1.54, 1.807) is 6.92 Å². The van der Waals surface area contributed by atoms with Crippen LogP contribution in [-0.2, 0) is 9.53 Å². The van der Waals surface area contributed by atoms with Gasteiger partial charge in [0, 0.05) is 5.57 Å². The highest BCUT2D eigenvalue weighted by molar-refractivity contribution is 5.87. The standard InChI is InChI=1S/C13H22O2/c1-9(2)12(14)15-11-6-10(3)7-13(4,5)8-11/h10-11H,1,6-8H2,2-5H3/t10-,11+/m1/s1. The van der Waals surface area contributed by atoms with Crippen molar-refractivity contribution < 1.29 is 9.53 Å². The van der Waals surface area contributed by atoms with Crippen LogP contribution >= 0.6 is 0 Å². The van der Waals surface area contributed by atoms with Gasteiger partial charge in [-0.05, 0) is 37.5 Å². The van der Waals surface area contributed by atoms with E-state index in [0.29, 0.717) is 11.5 Å². The van der Waals surface area contributed by atoms with Crippen molar-refractivity contribution in [3.8, 4) is 0 Å². The Morgan fingerprint density at radius 1 is 1.40 bits per heavy atom. The minimum Gasteiger partial charge on any atom is -0.459 e. The van der Waals surface area contributed by atoms with E-state index in [2.05, 4.69) is 27.4 Å². The largest absolute Gasteiger partial charge is 0.459 e. The molecule has 0 aromatic heterocycles. The van der Waals surface area contributed by atoms with Gasteiger partial charge in [-0.2, -0.15) is 0 Å². The highest BCUT2D eigenvalue weighted by Gasteiger charge is 2.33. The monoisotopic (exact) mass is 210 g/mol. The lowest BCUT2D eigenvalue weighted by Crippen LogP contribution is -2.34. The molecule has 2 nitrogen and oxygen atoms in total. The Balaban J connectivity index is 2.56. The van der Waals surface area contributed by atoms with Crippen molar-refractivity contribution >= 4 is 5.97 Å². The second kappa shape index (κ2) is 4.38. The number of carbonyl (C=O) groups excluding carboxylic acids is 1. The molecule has 0 aromatic rings. The van der Waals surface area contributed by atoms with Crippen molar-refractivity contribution in [2.45, 2.75) is 53.1 Å². The predicted octanol–water partition coefficient (Wildman–Crippen LogP) is 3.32. The van der Waals surface area contributed by atoms with Gasteiger partial charge in [0.15, 0.2) is 0 Å². The second-order valence-electron chi connectivity index (χ2n) is 5.72. The summed E-state index contributed by atoms with van der Waals surface area (Å²) in [6.45, 7) is 12.0. The molecule has 0 radical (unpaired) electrons. The first kappa shape index (κ1) is 12.3. The van der Waals surface area contributed by atoms with Crippen LogP contribution in [0.4, 0.5) is 0 Å².